The molecule has 0 aliphatic carbocycles. The van der Waals surface area contributed by atoms with Gasteiger partial charge in [-0.15, -0.1) is 0 Å². The van der Waals surface area contributed by atoms with E-state index < -0.39 is 0 Å². The summed E-state index contributed by atoms with van der Waals surface area (Å²) in [6.45, 7) is 10.6. The standard InChI is InChI=1S/C10H24N.C7H17NO/c1-10(2)8-6-7-9-11(3,4)5;1-6(2)3-4-7(9)5-8/h10H,6-9H2,1-5H3;6-7,9H,3-5,8H2,1-2H3/q+1;. The molecule has 0 amide bonds. The van der Waals surface area contributed by atoms with Gasteiger partial charge < -0.3 is 15.3 Å². The summed E-state index contributed by atoms with van der Waals surface area (Å²) in [4.78, 5) is 0. The van der Waals surface area contributed by atoms with E-state index in [4.69, 9.17) is 10.8 Å². The highest BCUT2D eigenvalue weighted by Gasteiger charge is 2.05. The van der Waals surface area contributed by atoms with E-state index in [-0.39, 0.29) is 6.10 Å². The molecule has 0 spiro atoms. The summed E-state index contributed by atoms with van der Waals surface area (Å²) in [6, 6.07) is 0. The third kappa shape index (κ3) is 23.0. The molecule has 0 aromatic carbocycles. The summed E-state index contributed by atoms with van der Waals surface area (Å²) in [7, 11) is 6.78. The summed E-state index contributed by atoms with van der Waals surface area (Å²) in [5.41, 5.74) is 5.21. The molecule has 0 radical (unpaired) electrons. The van der Waals surface area contributed by atoms with Crippen molar-refractivity contribution in [1.82, 2.24) is 0 Å². The maximum atomic E-state index is 8.98. The summed E-state index contributed by atoms with van der Waals surface area (Å²) in [5.74, 6) is 1.55. The zero-order chi connectivity index (χ0) is 16.2. The fraction of sp³-hybridized carbons (Fsp3) is 1.00. The number of hydrogen-bond donors (Lipinski definition) is 2. The first-order valence-electron chi connectivity index (χ1n) is 8.27. The number of rotatable bonds is 9. The second-order valence-electron chi connectivity index (χ2n) is 7.76. The normalized spacial score (nSPS) is 13.3. The van der Waals surface area contributed by atoms with Crippen molar-refractivity contribution in [1.29, 1.82) is 0 Å². The van der Waals surface area contributed by atoms with Crippen LogP contribution in [0.5, 0.6) is 0 Å². The van der Waals surface area contributed by atoms with E-state index in [1.807, 2.05) is 0 Å². The van der Waals surface area contributed by atoms with Crippen LogP contribution >= 0.6 is 0 Å². The van der Waals surface area contributed by atoms with E-state index in [9.17, 15) is 0 Å². The minimum Gasteiger partial charge on any atom is -0.392 e. The maximum Gasteiger partial charge on any atom is 0.0780 e. The number of aliphatic hydroxyl groups excluding tert-OH is 1. The molecule has 1 unspecified atom stereocenters. The highest BCUT2D eigenvalue weighted by Crippen LogP contribution is 2.07. The number of quaternary nitrogens is 1. The number of unbranched alkanes of at least 4 members (excludes halogenated alkanes) is 1. The number of hydrogen-bond acceptors (Lipinski definition) is 2. The van der Waals surface area contributed by atoms with E-state index in [2.05, 4.69) is 48.8 Å². The van der Waals surface area contributed by atoms with Gasteiger partial charge in [0.15, 0.2) is 0 Å². The van der Waals surface area contributed by atoms with Crippen LogP contribution in [0.15, 0.2) is 0 Å². The van der Waals surface area contributed by atoms with E-state index >= 15 is 0 Å². The van der Waals surface area contributed by atoms with Crippen molar-refractivity contribution in [2.75, 3.05) is 34.2 Å². The lowest BCUT2D eigenvalue weighted by molar-refractivity contribution is -0.870. The van der Waals surface area contributed by atoms with Gasteiger partial charge in [-0.1, -0.05) is 34.1 Å². The monoisotopic (exact) mass is 289 g/mol. The minimum atomic E-state index is -0.285. The van der Waals surface area contributed by atoms with Crippen molar-refractivity contribution in [2.45, 2.75) is 65.9 Å². The Morgan fingerprint density at radius 1 is 0.850 bits per heavy atom. The van der Waals surface area contributed by atoms with Crippen LogP contribution in [-0.4, -0.2) is 49.9 Å². The highest BCUT2D eigenvalue weighted by molar-refractivity contribution is 4.56. The van der Waals surface area contributed by atoms with Gasteiger partial charge >= 0.3 is 0 Å². The molecule has 3 N–H and O–H groups in total. The van der Waals surface area contributed by atoms with E-state index in [1.54, 1.807) is 0 Å². The zero-order valence-corrected chi connectivity index (χ0v) is 15.2. The predicted molar refractivity (Wildman–Crippen MR) is 90.7 cm³/mol. The predicted octanol–water partition coefficient (Wildman–Crippen LogP) is 3.26. The molecule has 0 aliphatic rings. The second kappa shape index (κ2) is 12.6. The molecule has 0 rings (SSSR count). The van der Waals surface area contributed by atoms with Gasteiger partial charge in [0.1, 0.15) is 0 Å². The highest BCUT2D eigenvalue weighted by atomic mass is 16.3. The summed E-state index contributed by atoms with van der Waals surface area (Å²) in [5, 5.41) is 8.98. The van der Waals surface area contributed by atoms with Crippen molar-refractivity contribution in [3.05, 3.63) is 0 Å². The van der Waals surface area contributed by atoms with Crippen LogP contribution < -0.4 is 5.73 Å². The summed E-state index contributed by atoms with van der Waals surface area (Å²) in [6.07, 6.45) is 5.79. The fourth-order valence-corrected chi connectivity index (χ4v) is 1.78. The van der Waals surface area contributed by atoms with E-state index in [1.165, 1.54) is 25.8 Å². The molecule has 0 aromatic rings. The van der Waals surface area contributed by atoms with Gasteiger partial charge in [0.25, 0.3) is 0 Å². The zero-order valence-electron chi connectivity index (χ0n) is 15.2. The first-order chi connectivity index (χ1) is 9.08. The number of aliphatic hydroxyl groups is 1. The average molecular weight is 290 g/mol. The number of nitrogens with two attached hydrogens (primary N) is 1. The third-order valence-electron chi connectivity index (χ3n) is 3.21. The van der Waals surface area contributed by atoms with Crippen LogP contribution in [0.4, 0.5) is 0 Å². The lowest BCUT2D eigenvalue weighted by Crippen LogP contribution is -2.35. The molecule has 20 heavy (non-hydrogen) atoms. The van der Waals surface area contributed by atoms with Gasteiger partial charge in [-0.25, -0.2) is 0 Å². The Hall–Kier alpha value is -0.120. The van der Waals surface area contributed by atoms with Crippen LogP contribution in [0, 0.1) is 11.8 Å². The molecule has 0 bridgehead atoms. The van der Waals surface area contributed by atoms with E-state index in [0.29, 0.717) is 12.5 Å². The molecule has 0 aromatic heterocycles. The molecule has 3 heteroatoms. The van der Waals surface area contributed by atoms with Gasteiger partial charge in [0.2, 0.25) is 0 Å². The summed E-state index contributed by atoms with van der Waals surface area (Å²) < 4.78 is 1.11. The van der Waals surface area contributed by atoms with Crippen molar-refractivity contribution >= 4 is 0 Å². The SMILES string of the molecule is CC(C)CCC(O)CN.CC(C)CCCC[N+](C)(C)C. The van der Waals surface area contributed by atoms with Crippen LogP contribution in [0.2, 0.25) is 0 Å². The molecular formula is C17H41N2O+. The molecule has 3 nitrogen and oxygen atoms in total. The van der Waals surface area contributed by atoms with Crippen molar-refractivity contribution in [3.8, 4) is 0 Å². The molecule has 0 saturated heterocycles. The van der Waals surface area contributed by atoms with Crippen LogP contribution in [-0.2, 0) is 0 Å². The largest absolute Gasteiger partial charge is 0.392 e. The molecule has 0 fully saturated rings. The Bertz CT molecular complexity index is 198. The van der Waals surface area contributed by atoms with Crippen molar-refractivity contribution in [2.24, 2.45) is 17.6 Å². The van der Waals surface area contributed by atoms with Gasteiger partial charge in [0.05, 0.1) is 33.8 Å². The second-order valence-corrected chi connectivity index (χ2v) is 7.76. The molecule has 0 saturated carbocycles. The Morgan fingerprint density at radius 2 is 1.35 bits per heavy atom. The van der Waals surface area contributed by atoms with Crippen LogP contribution in [0.25, 0.3) is 0 Å². The molecule has 0 aliphatic heterocycles. The van der Waals surface area contributed by atoms with Crippen LogP contribution in [0.1, 0.15) is 59.8 Å². The number of nitrogens with zero attached hydrogens (tertiary/aromatic N) is 1. The average Bonchev–Trinajstić information content (AvgIpc) is 2.31. The summed E-state index contributed by atoms with van der Waals surface area (Å²) >= 11 is 0. The van der Waals surface area contributed by atoms with Gasteiger partial charge in [-0.05, 0) is 37.5 Å². The quantitative estimate of drug-likeness (QED) is 0.505. The van der Waals surface area contributed by atoms with Gasteiger partial charge in [0, 0.05) is 6.54 Å². The first-order valence-corrected chi connectivity index (χ1v) is 8.27. The maximum absolute atomic E-state index is 8.98. The van der Waals surface area contributed by atoms with Crippen molar-refractivity contribution < 1.29 is 9.59 Å². The Balaban J connectivity index is 0. The molecule has 124 valence electrons. The van der Waals surface area contributed by atoms with Gasteiger partial charge in [-0.3, -0.25) is 0 Å². The Labute approximate surface area is 128 Å². The fourth-order valence-electron chi connectivity index (χ4n) is 1.78. The lowest BCUT2D eigenvalue weighted by Gasteiger charge is -2.23. The smallest absolute Gasteiger partial charge is 0.0780 e. The molecule has 1 atom stereocenters. The lowest BCUT2D eigenvalue weighted by atomic mass is 10.1. The molecular weight excluding hydrogens is 248 g/mol. The Morgan fingerprint density at radius 3 is 1.70 bits per heavy atom. The van der Waals surface area contributed by atoms with Crippen LogP contribution in [0.3, 0.4) is 0 Å². The van der Waals surface area contributed by atoms with E-state index in [0.717, 1.165) is 23.2 Å². The first kappa shape index (κ1) is 22.2. The third-order valence-corrected chi connectivity index (χ3v) is 3.21. The topological polar surface area (TPSA) is 46.2 Å². The Kier molecular flexibility index (Phi) is 14.0. The van der Waals surface area contributed by atoms with Crippen molar-refractivity contribution in [3.63, 3.8) is 0 Å². The van der Waals surface area contributed by atoms with Gasteiger partial charge in [-0.2, -0.15) is 0 Å². The molecule has 0 heterocycles. The minimum absolute atomic E-state index is 0.285.